The summed E-state index contributed by atoms with van der Waals surface area (Å²) in [4.78, 5) is 2.41. The summed E-state index contributed by atoms with van der Waals surface area (Å²) in [7, 11) is 0. The molecule has 0 aliphatic carbocycles. The minimum atomic E-state index is 0.836. The number of aryl methyl sites for hydroxylation is 1. The minimum absolute atomic E-state index is 0.836. The van der Waals surface area contributed by atoms with Gasteiger partial charge < -0.3 is 4.52 Å². The van der Waals surface area contributed by atoms with Crippen LogP contribution in [0.15, 0.2) is 53.1 Å². The van der Waals surface area contributed by atoms with Crippen molar-refractivity contribution in [2.45, 2.75) is 71.6 Å². The molecule has 0 amide bonds. The van der Waals surface area contributed by atoms with Crippen LogP contribution in [0.1, 0.15) is 75.7 Å². The highest BCUT2D eigenvalue weighted by atomic mass is 32.1. The Labute approximate surface area is 179 Å². The summed E-state index contributed by atoms with van der Waals surface area (Å²) in [5, 5.41) is 4.29. The van der Waals surface area contributed by atoms with Gasteiger partial charge in [-0.2, -0.15) is 0 Å². The maximum Gasteiger partial charge on any atom is 0.167 e. The Morgan fingerprint density at radius 1 is 0.897 bits per heavy atom. The van der Waals surface area contributed by atoms with Gasteiger partial charge in [0.2, 0.25) is 0 Å². The topological polar surface area (TPSA) is 26.0 Å². The normalized spacial score (nSPS) is 11.5. The van der Waals surface area contributed by atoms with E-state index in [1.807, 2.05) is 6.07 Å². The van der Waals surface area contributed by atoms with Crippen LogP contribution in [-0.4, -0.2) is 5.16 Å². The first-order valence-electron chi connectivity index (χ1n) is 11.1. The van der Waals surface area contributed by atoms with E-state index in [0.717, 1.165) is 34.7 Å². The smallest absolute Gasteiger partial charge is 0.167 e. The number of allylic oxidation sites excluding steroid dienone is 1. The van der Waals surface area contributed by atoms with Crippen molar-refractivity contribution < 1.29 is 4.52 Å². The average molecular weight is 408 g/mol. The van der Waals surface area contributed by atoms with Crippen LogP contribution in [0.2, 0.25) is 0 Å². The molecule has 29 heavy (non-hydrogen) atoms. The molecule has 3 rings (SSSR count). The number of aromatic nitrogens is 1. The van der Waals surface area contributed by atoms with Crippen LogP contribution >= 0.6 is 11.3 Å². The second-order valence-electron chi connectivity index (χ2n) is 7.68. The van der Waals surface area contributed by atoms with E-state index < -0.39 is 0 Å². The SMILES string of the molecule is CCCC=Cc1ccc(-c2cc(-c3ccc(CCCCCCCC)cc3)on2)s1. The summed E-state index contributed by atoms with van der Waals surface area (Å²) in [6, 6.07) is 15.1. The Bertz CT molecular complexity index is 872. The molecule has 3 aromatic rings. The van der Waals surface area contributed by atoms with E-state index in [9.17, 15) is 0 Å². The second kappa shape index (κ2) is 11.8. The van der Waals surface area contributed by atoms with E-state index in [4.69, 9.17) is 4.52 Å². The van der Waals surface area contributed by atoms with Crippen molar-refractivity contribution in [2.24, 2.45) is 0 Å². The fraction of sp³-hybridized carbons (Fsp3) is 0.423. The lowest BCUT2D eigenvalue weighted by atomic mass is 10.0. The molecule has 2 heterocycles. The van der Waals surface area contributed by atoms with E-state index in [2.05, 4.69) is 67.6 Å². The molecule has 0 aliphatic heterocycles. The number of benzene rings is 1. The summed E-state index contributed by atoms with van der Waals surface area (Å²) < 4.78 is 5.63. The van der Waals surface area contributed by atoms with Gasteiger partial charge in [0.05, 0.1) is 4.88 Å². The van der Waals surface area contributed by atoms with Gasteiger partial charge >= 0.3 is 0 Å². The quantitative estimate of drug-likeness (QED) is 0.280. The van der Waals surface area contributed by atoms with Gasteiger partial charge in [0.15, 0.2) is 5.76 Å². The molecule has 0 atom stereocenters. The third-order valence-electron chi connectivity index (χ3n) is 5.18. The molecule has 0 N–H and O–H groups in total. The molecule has 2 aromatic heterocycles. The van der Waals surface area contributed by atoms with Crippen LogP contribution in [0, 0.1) is 0 Å². The van der Waals surface area contributed by atoms with Crippen LogP contribution in [-0.2, 0) is 6.42 Å². The van der Waals surface area contributed by atoms with Crippen LogP contribution < -0.4 is 0 Å². The number of thiophene rings is 1. The van der Waals surface area contributed by atoms with E-state index in [-0.39, 0.29) is 0 Å². The van der Waals surface area contributed by atoms with E-state index in [1.54, 1.807) is 11.3 Å². The van der Waals surface area contributed by atoms with Crippen molar-refractivity contribution in [3.05, 3.63) is 59.0 Å². The van der Waals surface area contributed by atoms with Gasteiger partial charge in [-0.15, -0.1) is 11.3 Å². The van der Waals surface area contributed by atoms with Gasteiger partial charge in [0.25, 0.3) is 0 Å². The van der Waals surface area contributed by atoms with Crippen molar-refractivity contribution in [1.82, 2.24) is 5.16 Å². The lowest BCUT2D eigenvalue weighted by molar-refractivity contribution is 0.435. The van der Waals surface area contributed by atoms with E-state index in [0.29, 0.717) is 0 Å². The zero-order valence-corrected chi connectivity index (χ0v) is 18.6. The zero-order valence-electron chi connectivity index (χ0n) is 17.8. The fourth-order valence-electron chi connectivity index (χ4n) is 3.42. The molecule has 2 nitrogen and oxygen atoms in total. The molecule has 0 fully saturated rings. The predicted molar refractivity (Wildman–Crippen MR) is 126 cm³/mol. The Balaban J connectivity index is 1.55. The van der Waals surface area contributed by atoms with Crippen molar-refractivity contribution in [2.75, 3.05) is 0 Å². The van der Waals surface area contributed by atoms with Crippen molar-refractivity contribution >= 4 is 17.4 Å². The lowest BCUT2D eigenvalue weighted by Gasteiger charge is -2.03. The van der Waals surface area contributed by atoms with Crippen LogP contribution in [0.3, 0.4) is 0 Å². The van der Waals surface area contributed by atoms with Crippen LogP contribution in [0.25, 0.3) is 28.0 Å². The Morgan fingerprint density at radius 3 is 2.48 bits per heavy atom. The zero-order chi connectivity index (χ0) is 20.3. The molecular weight excluding hydrogens is 374 g/mol. The van der Waals surface area contributed by atoms with Crippen molar-refractivity contribution in [3.8, 4) is 21.9 Å². The van der Waals surface area contributed by atoms with Crippen LogP contribution in [0.5, 0.6) is 0 Å². The van der Waals surface area contributed by atoms with Gasteiger partial charge in [0, 0.05) is 16.5 Å². The molecule has 1 aromatic carbocycles. The first kappa shape index (κ1) is 21.6. The van der Waals surface area contributed by atoms with Crippen molar-refractivity contribution in [1.29, 1.82) is 0 Å². The average Bonchev–Trinajstić information content (AvgIpc) is 3.41. The van der Waals surface area contributed by atoms with Gasteiger partial charge in [-0.25, -0.2) is 0 Å². The first-order chi connectivity index (χ1) is 14.3. The standard InChI is InChI=1S/C26H33NOS/c1-3-5-7-8-9-11-12-21-14-16-22(17-15-21)25-20-24(27-28-25)26-19-18-23(29-26)13-10-6-4-2/h10,13-20H,3-9,11-12H2,1-2H3. The highest BCUT2D eigenvalue weighted by Crippen LogP contribution is 2.31. The Morgan fingerprint density at radius 2 is 1.69 bits per heavy atom. The maximum atomic E-state index is 5.63. The van der Waals surface area contributed by atoms with Gasteiger partial charge in [-0.05, 0) is 43.0 Å². The second-order valence-corrected chi connectivity index (χ2v) is 8.80. The Kier molecular flexibility index (Phi) is 8.76. The summed E-state index contributed by atoms with van der Waals surface area (Å²) in [6.07, 6.45) is 15.9. The third kappa shape index (κ3) is 6.71. The number of nitrogens with zero attached hydrogens (tertiary/aromatic N) is 1. The first-order valence-corrected chi connectivity index (χ1v) is 11.9. The fourth-order valence-corrected chi connectivity index (χ4v) is 4.31. The predicted octanol–water partition coefficient (Wildman–Crippen LogP) is 8.79. The number of hydrogen-bond acceptors (Lipinski definition) is 3. The molecule has 0 aliphatic rings. The Hall–Kier alpha value is -2.13. The third-order valence-corrected chi connectivity index (χ3v) is 6.26. The number of hydrogen-bond donors (Lipinski definition) is 0. The van der Waals surface area contributed by atoms with Crippen LogP contribution in [0.4, 0.5) is 0 Å². The number of unbranched alkanes of at least 4 members (excludes halogenated alkanes) is 6. The lowest BCUT2D eigenvalue weighted by Crippen LogP contribution is -1.86. The van der Waals surface area contributed by atoms with E-state index >= 15 is 0 Å². The molecule has 0 saturated carbocycles. The highest BCUT2D eigenvalue weighted by molar-refractivity contribution is 7.16. The summed E-state index contributed by atoms with van der Waals surface area (Å²) >= 11 is 1.75. The highest BCUT2D eigenvalue weighted by Gasteiger charge is 2.10. The monoisotopic (exact) mass is 407 g/mol. The molecule has 0 spiro atoms. The van der Waals surface area contributed by atoms with Gasteiger partial charge in [0.1, 0.15) is 5.69 Å². The summed E-state index contributed by atoms with van der Waals surface area (Å²) in [5.41, 5.74) is 3.41. The molecule has 154 valence electrons. The largest absolute Gasteiger partial charge is 0.356 e. The molecule has 0 saturated heterocycles. The molecule has 3 heteroatoms. The maximum absolute atomic E-state index is 5.63. The van der Waals surface area contributed by atoms with Gasteiger partial charge in [-0.1, -0.05) is 87.9 Å². The minimum Gasteiger partial charge on any atom is -0.356 e. The van der Waals surface area contributed by atoms with Gasteiger partial charge in [-0.3, -0.25) is 0 Å². The van der Waals surface area contributed by atoms with E-state index in [1.165, 1.54) is 55.4 Å². The molecule has 0 bridgehead atoms. The summed E-state index contributed by atoms with van der Waals surface area (Å²) in [5.74, 6) is 0.836. The molecule has 0 unspecified atom stereocenters. The molecular formula is C26H33NOS. The molecule has 0 radical (unpaired) electrons. The summed E-state index contributed by atoms with van der Waals surface area (Å²) in [6.45, 7) is 4.46. The van der Waals surface area contributed by atoms with Crippen molar-refractivity contribution in [3.63, 3.8) is 0 Å². The number of rotatable bonds is 12.